The molecular weight excluding hydrogens is 270 g/mol. The highest BCUT2D eigenvalue weighted by Crippen LogP contribution is 2.30. The Morgan fingerprint density at radius 2 is 2.25 bits per heavy atom. The molecule has 1 aliphatic heterocycles. The van der Waals surface area contributed by atoms with Crippen LogP contribution >= 0.6 is 11.3 Å². The molecule has 0 saturated carbocycles. The van der Waals surface area contributed by atoms with Crippen molar-refractivity contribution in [2.75, 3.05) is 32.7 Å². The lowest BCUT2D eigenvalue weighted by molar-refractivity contribution is 0.195. The van der Waals surface area contributed by atoms with Crippen molar-refractivity contribution in [3.63, 3.8) is 0 Å². The molecule has 1 unspecified atom stereocenters. The number of nitrogens with one attached hydrogen (secondary N) is 2. The Morgan fingerprint density at radius 3 is 2.95 bits per heavy atom. The lowest BCUT2D eigenvalue weighted by atomic mass is 10.1. The number of nitrogens with zero attached hydrogens (tertiary/aromatic N) is 2. The highest BCUT2D eigenvalue weighted by molar-refractivity contribution is 7.09. The van der Waals surface area contributed by atoms with Gasteiger partial charge in [-0.25, -0.2) is 4.98 Å². The molecule has 0 amide bonds. The number of rotatable bonds is 5. The van der Waals surface area contributed by atoms with Crippen LogP contribution in [0.4, 0.5) is 0 Å². The van der Waals surface area contributed by atoms with Gasteiger partial charge in [0.15, 0.2) is 0 Å². The second kappa shape index (κ2) is 6.49. The first-order valence-corrected chi connectivity index (χ1v) is 7.99. The van der Waals surface area contributed by atoms with Gasteiger partial charge in [-0.2, -0.15) is 0 Å². The van der Waals surface area contributed by atoms with Crippen molar-refractivity contribution in [3.05, 3.63) is 40.1 Å². The zero-order chi connectivity index (χ0) is 13.8. The first-order valence-electron chi connectivity index (χ1n) is 7.11. The molecule has 2 aromatic rings. The Labute approximate surface area is 123 Å². The van der Waals surface area contributed by atoms with Gasteiger partial charge in [0, 0.05) is 49.9 Å². The van der Waals surface area contributed by atoms with Gasteiger partial charge in [0.05, 0.1) is 5.69 Å². The van der Waals surface area contributed by atoms with E-state index in [1.54, 1.807) is 11.3 Å². The predicted octanol–water partition coefficient (Wildman–Crippen LogP) is 0.967. The van der Waals surface area contributed by atoms with Crippen LogP contribution in [0.1, 0.15) is 22.4 Å². The van der Waals surface area contributed by atoms with E-state index in [2.05, 4.69) is 32.7 Å². The quantitative estimate of drug-likeness (QED) is 0.768. The smallest absolute Gasteiger partial charge is 0.116 e. The van der Waals surface area contributed by atoms with Crippen LogP contribution in [0.15, 0.2) is 23.7 Å². The maximum Gasteiger partial charge on any atom is 0.116 e. The average molecular weight is 291 g/mol. The van der Waals surface area contributed by atoms with Crippen molar-refractivity contribution < 1.29 is 0 Å². The number of hydrogen-bond acceptors (Lipinski definition) is 5. The Hall–Kier alpha value is -1.21. The summed E-state index contributed by atoms with van der Waals surface area (Å²) in [6.07, 6.45) is 2.84. The summed E-state index contributed by atoms with van der Waals surface area (Å²) >= 11 is 1.74. The molecule has 3 rings (SSSR count). The van der Waals surface area contributed by atoms with Crippen LogP contribution in [0.25, 0.3) is 0 Å². The number of hydrogen-bond donors (Lipinski definition) is 3. The van der Waals surface area contributed by atoms with Crippen molar-refractivity contribution in [2.45, 2.75) is 12.5 Å². The van der Waals surface area contributed by atoms with Gasteiger partial charge < -0.3 is 16.0 Å². The summed E-state index contributed by atoms with van der Waals surface area (Å²) in [5, 5.41) is 6.71. The minimum absolute atomic E-state index is 0.239. The van der Waals surface area contributed by atoms with Crippen molar-refractivity contribution in [3.8, 4) is 0 Å². The maximum absolute atomic E-state index is 5.62. The SMILES string of the molecule is NCCc1csc(C(c2ccc[nH]2)N2CCNCC2)n1. The molecule has 6 heteroatoms. The molecule has 1 saturated heterocycles. The molecule has 4 N–H and O–H groups in total. The largest absolute Gasteiger partial charge is 0.363 e. The highest BCUT2D eigenvalue weighted by atomic mass is 32.1. The number of thiazole rings is 1. The Morgan fingerprint density at radius 1 is 1.40 bits per heavy atom. The van der Waals surface area contributed by atoms with Gasteiger partial charge in [-0.05, 0) is 18.7 Å². The van der Waals surface area contributed by atoms with Gasteiger partial charge in [0.1, 0.15) is 11.0 Å². The minimum atomic E-state index is 0.239. The van der Waals surface area contributed by atoms with Crippen molar-refractivity contribution >= 4 is 11.3 Å². The third-order valence-corrected chi connectivity index (χ3v) is 4.58. The first kappa shape index (κ1) is 13.8. The summed E-state index contributed by atoms with van der Waals surface area (Å²) in [7, 11) is 0. The van der Waals surface area contributed by atoms with Crippen LogP contribution in [-0.4, -0.2) is 47.6 Å². The van der Waals surface area contributed by atoms with Gasteiger partial charge >= 0.3 is 0 Å². The van der Waals surface area contributed by atoms with Crippen LogP contribution in [-0.2, 0) is 6.42 Å². The third-order valence-electron chi connectivity index (χ3n) is 3.64. The molecule has 0 aromatic carbocycles. The number of nitrogens with two attached hydrogens (primary N) is 1. The number of aromatic amines is 1. The highest BCUT2D eigenvalue weighted by Gasteiger charge is 2.27. The zero-order valence-corrected chi connectivity index (χ0v) is 12.3. The summed E-state index contributed by atoms with van der Waals surface area (Å²) in [6, 6.07) is 4.44. The molecule has 1 fully saturated rings. The van der Waals surface area contributed by atoms with E-state index < -0.39 is 0 Å². The van der Waals surface area contributed by atoms with Gasteiger partial charge in [0.2, 0.25) is 0 Å². The second-order valence-corrected chi connectivity index (χ2v) is 5.92. The summed E-state index contributed by atoms with van der Waals surface area (Å²) < 4.78 is 0. The van der Waals surface area contributed by atoms with E-state index in [1.165, 1.54) is 5.69 Å². The minimum Gasteiger partial charge on any atom is -0.363 e. The second-order valence-electron chi connectivity index (χ2n) is 5.03. The van der Waals surface area contributed by atoms with Gasteiger partial charge in [-0.15, -0.1) is 11.3 Å². The number of aromatic nitrogens is 2. The van der Waals surface area contributed by atoms with E-state index in [0.29, 0.717) is 6.54 Å². The summed E-state index contributed by atoms with van der Waals surface area (Å²) in [5.41, 5.74) is 7.96. The lowest BCUT2D eigenvalue weighted by Crippen LogP contribution is -2.45. The van der Waals surface area contributed by atoms with E-state index in [0.717, 1.165) is 43.3 Å². The van der Waals surface area contributed by atoms with Crippen molar-refractivity contribution in [2.24, 2.45) is 5.73 Å². The van der Waals surface area contributed by atoms with Crippen molar-refractivity contribution in [1.82, 2.24) is 20.2 Å². The van der Waals surface area contributed by atoms with Crippen LogP contribution in [0, 0.1) is 0 Å². The third kappa shape index (κ3) is 2.93. The fraction of sp³-hybridized carbons (Fsp3) is 0.500. The van der Waals surface area contributed by atoms with E-state index in [-0.39, 0.29) is 6.04 Å². The summed E-state index contributed by atoms with van der Waals surface area (Å²) in [4.78, 5) is 10.6. The molecule has 108 valence electrons. The number of H-pyrrole nitrogens is 1. The Kier molecular flexibility index (Phi) is 4.47. The molecule has 1 aliphatic rings. The zero-order valence-electron chi connectivity index (χ0n) is 11.5. The first-order chi connectivity index (χ1) is 9.88. The summed E-state index contributed by atoms with van der Waals surface area (Å²) in [6.45, 7) is 4.84. The van der Waals surface area contributed by atoms with Crippen LogP contribution < -0.4 is 11.1 Å². The Bertz CT molecular complexity index is 515. The number of piperazine rings is 1. The molecular formula is C14H21N5S. The molecule has 1 atom stereocenters. The molecule has 0 radical (unpaired) electrons. The fourth-order valence-corrected chi connectivity index (χ4v) is 3.65. The van der Waals surface area contributed by atoms with Crippen LogP contribution in [0.5, 0.6) is 0 Å². The van der Waals surface area contributed by atoms with Gasteiger partial charge in [-0.3, -0.25) is 4.90 Å². The van der Waals surface area contributed by atoms with Gasteiger partial charge in [0.25, 0.3) is 0 Å². The fourth-order valence-electron chi connectivity index (χ4n) is 2.65. The molecule has 0 aliphatic carbocycles. The monoisotopic (exact) mass is 291 g/mol. The van der Waals surface area contributed by atoms with Crippen LogP contribution in [0.2, 0.25) is 0 Å². The van der Waals surface area contributed by atoms with E-state index >= 15 is 0 Å². The molecule has 0 spiro atoms. The molecule has 2 aromatic heterocycles. The topological polar surface area (TPSA) is 70.0 Å². The van der Waals surface area contributed by atoms with E-state index in [4.69, 9.17) is 10.7 Å². The molecule has 0 bridgehead atoms. The van der Waals surface area contributed by atoms with Crippen molar-refractivity contribution in [1.29, 1.82) is 0 Å². The summed E-state index contributed by atoms with van der Waals surface area (Å²) in [5.74, 6) is 0. The molecule has 5 nitrogen and oxygen atoms in total. The van der Waals surface area contributed by atoms with Gasteiger partial charge in [-0.1, -0.05) is 0 Å². The average Bonchev–Trinajstić information content (AvgIpc) is 3.14. The lowest BCUT2D eigenvalue weighted by Gasteiger charge is -2.33. The predicted molar refractivity (Wildman–Crippen MR) is 82.0 cm³/mol. The Balaban J connectivity index is 1.87. The molecule has 3 heterocycles. The van der Waals surface area contributed by atoms with Crippen LogP contribution in [0.3, 0.4) is 0 Å². The normalized spacial score (nSPS) is 18.2. The maximum atomic E-state index is 5.62. The van der Waals surface area contributed by atoms with E-state index in [1.807, 2.05) is 6.20 Å². The van der Waals surface area contributed by atoms with E-state index in [9.17, 15) is 0 Å². The molecule has 20 heavy (non-hydrogen) atoms. The standard InChI is InChI=1S/C14H21N5S/c15-4-3-11-10-20-14(18-11)13(12-2-1-5-17-12)19-8-6-16-7-9-19/h1-2,5,10,13,16-17H,3-4,6-9,15H2.